The Bertz CT molecular complexity index is 417. The Morgan fingerprint density at radius 1 is 1.43 bits per heavy atom. The second kappa shape index (κ2) is 4.09. The molecule has 72 valence electrons. The highest BCUT2D eigenvalue weighted by molar-refractivity contribution is 5.76. The lowest BCUT2D eigenvalue weighted by Crippen LogP contribution is -2.08. The number of hydrogen-bond acceptors (Lipinski definition) is 5. The molecule has 1 amide bonds. The van der Waals surface area contributed by atoms with E-state index in [1.54, 1.807) is 0 Å². The van der Waals surface area contributed by atoms with Crippen molar-refractivity contribution in [1.82, 2.24) is 9.97 Å². The van der Waals surface area contributed by atoms with Gasteiger partial charge in [0.25, 0.3) is 0 Å². The maximum Gasteiger partial charge on any atom is 0.229 e. The number of hydrogen-bond donors (Lipinski definition) is 3. The fraction of sp³-hybridized carbons (Fsp3) is 0.125. The summed E-state index contributed by atoms with van der Waals surface area (Å²) in [5, 5.41) is 0. The zero-order valence-corrected chi connectivity index (χ0v) is 7.32. The Morgan fingerprint density at radius 3 is 2.71 bits per heavy atom. The lowest BCUT2D eigenvalue weighted by molar-refractivity contribution is -0.117. The zero-order valence-electron chi connectivity index (χ0n) is 7.32. The van der Waals surface area contributed by atoms with Crippen LogP contribution >= 0.6 is 0 Å². The van der Waals surface area contributed by atoms with Crippen molar-refractivity contribution < 1.29 is 4.79 Å². The number of carbonyl (C=O) groups excluding carboxylic acids is 1. The lowest BCUT2D eigenvalue weighted by Gasteiger charge is -1.96. The van der Waals surface area contributed by atoms with Gasteiger partial charge in [0, 0.05) is 0 Å². The molecule has 6 heteroatoms. The molecular formula is C8H9N5O. The van der Waals surface area contributed by atoms with Crippen LogP contribution in [0.15, 0.2) is 6.20 Å². The van der Waals surface area contributed by atoms with Gasteiger partial charge in [-0.3, -0.25) is 4.79 Å². The fourth-order valence-corrected chi connectivity index (χ4v) is 0.695. The lowest BCUT2D eigenvalue weighted by atomic mass is 10.3. The van der Waals surface area contributed by atoms with Crippen molar-refractivity contribution >= 4 is 17.5 Å². The predicted molar refractivity (Wildman–Crippen MR) is 51.5 cm³/mol. The number of nitrogen functional groups attached to an aromatic ring is 2. The van der Waals surface area contributed by atoms with E-state index in [-0.39, 0.29) is 18.1 Å². The van der Waals surface area contributed by atoms with Crippen molar-refractivity contribution in [3.63, 3.8) is 0 Å². The van der Waals surface area contributed by atoms with E-state index in [2.05, 4.69) is 21.8 Å². The van der Waals surface area contributed by atoms with Gasteiger partial charge in [-0.15, -0.1) is 0 Å². The molecule has 0 aromatic carbocycles. The van der Waals surface area contributed by atoms with Crippen molar-refractivity contribution in [2.45, 2.75) is 6.42 Å². The molecule has 1 rings (SSSR count). The van der Waals surface area contributed by atoms with Crippen LogP contribution in [-0.4, -0.2) is 15.9 Å². The van der Waals surface area contributed by atoms with Crippen LogP contribution in [0.4, 0.5) is 11.6 Å². The summed E-state index contributed by atoms with van der Waals surface area (Å²) in [6.07, 6.45) is 1.35. The number of carbonyl (C=O) groups is 1. The predicted octanol–water partition coefficient (Wildman–Crippen LogP) is -1.13. The van der Waals surface area contributed by atoms with Gasteiger partial charge in [0.2, 0.25) is 5.91 Å². The van der Waals surface area contributed by atoms with Gasteiger partial charge >= 0.3 is 0 Å². The Morgan fingerprint density at radius 2 is 2.14 bits per heavy atom. The minimum Gasteiger partial charge on any atom is -0.381 e. The second-order valence-corrected chi connectivity index (χ2v) is 2.47. The van der Waals surface area contributed by atoms with E-state index >= 15 is 0 Å². The van der Waals surface area contributed by atoms with Crippen molar-refractivity contribution in [2.24, 2.45) is 5.73 Å². The molecule has 0 spiro atoms. The molecule has 0 radical (unpaired) electrons. The zero-order chi connectivity index (χ0) is 10.6. The highest BCUT2D eigenvalue weighted by Crippen LogP contribution is 2.05. The smallest absolute Gasteiger partial charge is 0.229 e. The molecule has 0 aliphatic rings. The summed E-state index contributed by atoms with van der Waals surface area (Å²) in [5.41, 5.74) is 16.0. The summed E-state index contributed by atoms with van der Waals surface area (Å²) < 4.78 is 0. The first-order chi connectivity index (χ1) is 6.59. The van der Waals surface area contributed by atoms with E-state index in [1.807, 2.05) is 0 Å². The van der Waals surface area contributed by atoms with Gasteiger partial charge < -0.3 is 17.2 Å². The molecule has 0 unspecified atom stereocenters. The Balaban J connectivity index is 2.81. The average Bonchev–Trinajstić information content (AvgIpc) is 2.10. The van der Waals surface area contributed by atoms with E-state index < -0.39 is 5.91 Å². The summed E-state index contributed by atoms with van der Waals surface area (Å²) in [7, 11) is 0. The Kier molecular flexibility index (Phi) is 2.86. The highest BCUT2D eigenvalue weighted by Gasteiger charge is 1.97. The Labute approximate surface area is 80.5 Å². The van der Waals surface area contributed by atoms with Crippen LogP contribution in [-0.2, 0) is 4.79 Å². The first kappa shape index (κ1) is 9.80. The van der Waals surface area contributed by atoms with E-state index in [9.17, 15) is 4.79 Å². The van der Waals surface area contributed by atoms with E-state index in [1.165, 1.54) is 6.20 Å². The number of amides is 1. The highest BCUT2D eigenvalue weighted by atomic mass is 16.1. The molecule has 0 bridgehead atoms. The third kappa shape index (κ3) is 2.64. The van der Waals surface area contributed by atoms with Crippen molar-refractivity contribution in [3.05, 3.63) is 11.9 Å². The number of nitrogens with two attached hydrogens (primary N) is 3. The topological polar surface area (TPSA) is 121 Å². The molecule has 1 heterocycles. The van der Waals surface area contributed by atoms with Crippen molar-refractivity contribution in [2.75, 3.05) is 11.5 Å². The molecule has 0 saturated heterocycles. The van der Waals surface area contributed by atoms with Gasteiger partial charge in [-0.2, -0.15) is 0 Å². The third-order valence-electron chi connectivity index (χ3n) is 1.31. The summed E-state index contributed by atoms with van der Waals surface area (Å²) in [5.74, 6) is 4.90. The van der Waals surface area contributed by atoms with Gasteiger partial charge in [0.1, 0.15) is 5.69 Å². The van der Waals surface area contributed by atoms with Crippen molar-refractivity contribution in [1.29, 1.82) is 0 Å². The van der Waals surface area contributed by atoms with Crippen LogP contribution < -0.4 is 17.2 Å². The number of nitrogens with zero attached hydrogens (tertiary/aromatic N) is 2. The van der Waals surface area contributed by atoms with Gasteiger partial charge in [-0.25, -0.2) is 9.97 Å². The van der Waals surface area contributed by atoms with Crippen LogP contribution in [0.5, 0.6) is 0 Å². The normalized spacial score (nSPS) is 8.86. The van der Waals surface area contributed by atoms with Gasteiger partial charge in [0.15, 0.2) is 11.6 Å². The fourth-order valence-electron chi connectivity index (χ4n) is 0.695. The average molecular weight is 191 g/mol. The Hall–Kier alpha value is -2.29. The molecule has 0 atom stereocenters. The second-order valence-electron chi connectivity index (χ2n) is 2.47. The van der Waals surface area contributed by atoms with Crippen LogP contribution in [0.25, 0.3) is 0 Å². The SMILES string of the molecule is NC(=O)CC#Cc1cnc(N)c(N)n1. The van der Waals surface area contributed by atoms with Gasteiger partial charge in [-0.1, -0.05) is 5.92 Å². The summed E-state index contributed by atoms with van der Waals surface area (Å²) in [6.45, 7) is 0. The van der Waals surface area contributed by atoms with Gasteiger partial charge in [-0.05, 0) is 5.92 Å². The molecular weight excluding hydrogens is 182 g/mol. The standard InChI is InChI=1S/C8H9N5O/c9-6(14)3-1-2-5-4-12-7(10)8(11)13-5/h4H,3H2,(H2,9,14)(H2,10,12)(H2,11,13). The molecule has 6 N–H and O–H groups in total. The quantitative estimate of drug-likeness (QED) is 0.485. The van der Waals surface area contributed by atoms with Crippen LogP contribution in [0.3, 0.4) is 0 Å². The van der Waals surface area contributed by atoms with E-state index in [4.69, 9.17) is 17.2 Å². The van der Waals surface area contributed by atoms with E-state index in [0.717, 1.165) is 0 Å². The summed E-state index contributed by atoms with van der Waals surface area (Å²) >= 11 is 0. The number of anilines is 2. The largest absolute Gasteiger partial charge is 0.381 e. The molecule has 0 fully saturated rings. The molecule has 0 aliphatic carbocycles. The number of primary amides is 1. The summed E-state index contributed by atoms with van der Waals surface area (Å²) in [6, 6.07) is 0. The molecule has 0 saturated carbocycles. The maximum absolute atomic E-state index is 10.3. The molecule has 14 heavy (non-hydrogen) atoms. The molecule has 1 aromatic rings. The maximum atomic E-state index is 10.3. The molecule has 1 aromatic heterocycles. The first-order valence-electron chi connectivity index (χ1n) is 3.74. The summed E-state index contributed by atoms with van der Waals surface area (Å²) in [4.78, 5) is 17.9. The van der Waals surface area contributed by atoms with Crippen LogP contribution in [0.1, 0.15) is 12.1 Å². The molecule has 0 aliphatic heterocycles. The first-order valence-corrected chi connectivity index (χ1v) is 3.74. The van der Waals surface area contributed by atoms with Crippen LogP contribution in [0, 0.1) is 11.8 Å². The minimum atomic E-state index is -0.492. The van der Waals surface area contributed by atoms with Crippen LogP contribution in [0.2, 0.25) is 0 Å². The molecule has 6 nitrogen and oxygen atoms in total. The number of aromatic nitrogens is 2. The van der Waals surface area contributed by atoms with Crippen molar-refractivity contribution in [3.8, 4) is 11.8 Å². The third-order valence-corrected chi connectivity index (χ3v) is 1.31. The monoisotopic (exact) mass is 191 g/mol. The van der Waals surface area contributed by atoms with Gasteiger partial charge in [0.05, 0.1) is 12.6 Å². The number of rotatable bonds is 1. The van der Waals surface area contributed by atoms with E-state index in [0.29, 0.717) is 5.69 Å². The minimum absolute atomic E-state index is 0.0219.